The van der Waals surface area contributed by atoms with Gasteiger partial charge in [0.05, 0.1) is 37.4 Å². The van der Waals surface area contributed by atoms with E-state index in [0.29, 0.717) is 50.3 Å². The summed E-state index contributed by atoms with van der Waals surface area (Å²) in [5.74, 6) is 1.15. The highest BCUT2D eigenvalue weighted by Crippen LogP contribution is 2.44. The van der Waals surface area contributed by atoms with Crippen LogP contribution in [-0.2, 0) is 24.3 Å². The maximum absolute atomic E-state index is 13.3. The van der Waals surface area contributed by atoms with Crippen molar-refractivity contribution in [3.8, 4) is 12.1 Å². The summed E-state index contributed by atoms with van der Waals surface area (Å²) >= 11 is 0. The summed E-state index contributed by atoms with van der Waals surface area (Å²) in [5, 5.41) is 12.2. The van der Waals surface area contributed by atoms with E-state index < -0.39 is 6.09 Å². The van der Waals surface area contributed by atoms with Crippen molar-refractivity contribution in [2.24, 2.45) is 5.92 Å². The van der Waals surface area contributed by atoms with Gasteiger partial charge in [-0.05, 0) is 49.7 Å². The molecule has 0 N–H and O–H groups in total. The van der Waals surface area contributed by atoms with Crippen molar-refractivity contribution < 1.29 is 14.3 Å². The number of amides is 1. The first-order valence-electron chi connectivity index (χ1n) is 18.4. The minimum absolute atomic E-state index is 0.195. The Bertz CT molecular complexity index is 1870. The van der Waals surface area contributed by atoms with Gasteiger partial charge in [-0.2, -0.15) is 15.2 Å². The van der Waals surface area contributed by atoms with Gasteiger partial charge in [-0.1, -0.05) is 80.6 Å². The van der Waals surface area contributed by atoms with Crippen molar-refractivity contribution in [2.45, 2.75) is 70.7 Å². The Labute approximate surface area is 301 Å². The second-order valence-corrected chi connectivity index (χ2v) is 14.5. The normalized spacial score (nSPS) is 18.6. The van der Waals surface area contributed by atoms with Gasteiger partial charge in [-0.25, -0.2) is 4.79 Å². The molecule has 3 heterocycles. The van der Waals surface area contributed by atoms with Crippen molar-refractivity contribution in [1.82, 2.24) is 19.8 Å². The number of carbonyl (C=O) groups is 1. The van der Waals surface area contributed by atoms with Gasteiger partial charge in [0.2, 0.25) is 0 Å². The number of benzene rings is 3. The molecule has 0 bridgehead atoms. The molecule has 1 saturated carbocycles. The van der Waals surface area contributed by atoms with Crippen LogP contribution in [0, 0.1) is 17.2 Å². The summed E-state index contributed by atoms with van der Waals surface area (Å²) in [6, 6.07) is 27.0. The molecule has 10 nitrogen and oxygen atoms in total. The number of anilines is 2. The van der Waals surface area contributed by atoms with E-state index in [1.165, 1.54) is 35.7 Å². The Balaban J connectivity index is 1.13. The van der Waals surface area contributed by atoms with E-state index in [4.69, 9.17) is 19.4 Å². The fourth-order valence-electron chi connectivity index (χ4n) is 7.85. The Morgan fingerprint density at radius 1 is 1.02 bits per heavy atom. The lowest BCUT2D eigenvalue weighted by atomic mass is 10.0. The van der Waals surface area contributed by atoms with Crippen LogP contribution in [0.4, 0.5) is 16.3 Å². The van der Waals surface area contributed by atoms with Gasteiger partial charge in [-0.15, -0.1) is 0 Å². The number of fused-ring (bicyclic) bond motifs is 2. The topological polar surface area (TPSA) is 98.1 Å². The first-order chi connectivity index (χ1) is 24.9. The van der Waals surface area contributed by atoms with Gasteiger partial charge >= 0.3 is 12.1 Å². The number of rotatable bonds is 12. The van der Waals surface area contributed by atoms with Crippen molar-refractivity contribution in [3.05, 3.63) is 89.6 Å². The Morgan fingerprint density at radius 3 is 2.59 bits per heavy atom. The van der Waals surface area contributed by atoms with Crippen LogP contribution in [0.3, 0.4) is 0 Å². The summed E-state index contributed by atoms with van der Waals surface area (Å²) < 4.78 is 12.1. The summed E-state index contributed by atoms with van der Waals surface area (Å²) in [6.07, 6.45) is 4.29. The molecular weight excluding hydrogens is 638 g/mol. The third kappa shape index (κ3) is 7.59. The molecule has 7 rings (SSSR count). The van der Waals surface area contributed by atoms with Crippen LogP contribution in [0.1, 0.15) is 56.4 Å². The Hall–Kier alpha value is -4.88. The zero-order chi connectivity index (χ0) is 35.4. The molecule has 51 heavy (non-hydrogen) atoms. The fraction of sp³-hybridized carbons (Fsp3) is 0.463. The smallest absolute Gasteiger partial charge is 0.410 e. The molecule has 2 aliphatic heterocycles. The average molecular weight is 688 g/mol. The molecular formula is C41H49N7O3. The molecule has 3 aliphatic rings. The summed E-state index contributed by atoms with van der Waals surface area (Å²) in [4.78, 5) is 32.2. The predicted molar refractivity (Wildman–Crippen MR) is 200 cm³/mol. The van der Waals surface area contributed by atoms with E-state index in [1.54, 1.807) is 4.90 Å². The molecule has 2 atom stereocenters. The van der Waals surface area contributed by atoms with Gasteiger partial charge in [0, 0.05) is 60.8 Å². The number of piperazine rings is 1. The number of hydrogen-bond acceptors (Lipinski definition) is 9. The third-order valence-corrected chi connectivity index (χ3v) is 11.1. The molecule has 4 aromatic rings. The van der Waals surface area contributed by atoms with E-state index in [-0.39, 0.29) is 19.1 Å². The van der Waals surface area contributed by atoms with Crippen molar-refractivity contribution >= 4 is 28.4 Å². The van der Waals surface area contributed by atoms with Crippen LogP contribution in [0.5, 0.6) is 6.01 Å². The maximum atomic E-state index is 13.3. The first-order valence-corrected chi connectivity index (χ1v) is 18.4. The zero-order valence-corrected chi connectivity index (χ0v) is 30.1. The number of aromatic nitrogens is 2. The molecule has 266 valence electrons. The largest absolute Gasteiger partial charge is 0.463 e. The maximum Gasteiger partial charge on any atom is 0.410 e. The van der Waals surface area contributed by atoms with Crippen LogP contribution in [0.25, 0.3) is 10.8 Å². The van der Waals surface area contributed by atoms with Crippen LogP contribution in [0.15, 0.2) is 72.8 Å². The summed E-state index contributed by atoms with van der Waals surface area (Å²) in [7, 11) is 2.23. The molecule has 2 fully saturated rings. The number of carbonyl (C=O) groups excluding carboxylic acids is 1. The molecule has 0 unspecified atom stereocenters. The second-order valence-electron chi connectivity index (χ2n) is 14.5. The van der Waals surface area contributed by atoms with Crippen LogP contribution >= 0.6 is 0 Å². The average Bonchev–Trinajstić information content (AvgIpc) is 3.98. The molecule has 3 aromatic carbocycles. The highest BCUT2D eigenvalue weighted by atomic mass is 16.6. The second kappa shape index (κ2) is 15.2. The van der Waals surface area contributed by atoms with Gasteiger partial charge in [-0.3, -0.25) is 0 Å². The third-order valence-electron chi connectivity index (χ3n) is 11.1. The highest BCUT2D eigenvalue weighted by molar-refractivity contribution is 5.94. The molecule has 0 radical (unpaired) electrons. The van der Waals surface area contributed by atoms with E-state index in [2.05, 4.69) is 84.1 Å². The van der Waals surface area contributed by atoms with Gasteiger partial charge in [0.1, 0.15) is 12.4 Å². The highest BCUT2D eigenvalue weighted by Gasteiger charge is 2.44. The number of nitriles is 1. The fourth-order valence-corrected chi connectivity index (χ4v) is 7.85. The van der Waals surface area contributed by atoms with Crippen LogP contribution in [0.2, 0.25) is 0 Å². The SMILES string of the molecule is CCC1(N(C)C[C@@H](C)COc2nc3c(c(N4CCN(C(=O)OCc5ccccc5)[C@@H](CC#N)C4)n2)CCN(c2cccc4ccccc24)C3)CC1. The first kappa shape index (κ1) is 34.6. The lowest BCUT2D eigenvalue weighted by molar-refractivity contribution is 0.0767. The van der Waals surface area contributed by atoms with E-state index >= 15 is 0 Å². The number of ether oxygens (including phenoxy) is 2. The van der Waals surface area contributed by atoms with Crippen molar-refractivity contribution in [2.75, 3.05) is 56.2 Å². The molecule has 1 aliphatic carbocycles. The monoisotopic (exact) mass is 687 g/mol. The molecule has 1 saturated heterocycles. The standard InChI is InChI=1S/C41H49N7O3/c1-4-41(19-20-41)45(3)25-30(2)28-50-39-43-36-27-46(37-16-10-14-32-13-8-9-15-34(32)37)22-18-35(36)38(44-39)47-23-24-48(33(26-47)17-21-42)40(49)51-29-31-11-6-5-7-12-31/h5-16,30,33H,4,17-20,22-29H2,1-3H3/t30-,33+/m1/s1. The Morgan fingerprint density at radius 2 is 1.80 bits per heavy atom. The van der Waals surface area contributed by atoms with E-state index in [1.807, 2.05) is 30.3 Å². The van der Waals surface area contributed by atoms with Crippen molar-refractivity contribution in [1.29, 1.82) is 5.26 Å². The molecule has 0 spiro atoms. The predicted octanol–water partition coefficient (Wildman–Crippen LogP) is 6.82. The van der Waals surface area contributed by atoms with E-state index in [0.717, 1.165) is 42.1 Å². The molecule has 1 aromatic heterocycles. The zero-order valence-electron chi connectivity index (χ0n) is 30.1. The molecule has 1 amide bonds. The van der Waals surface area contributed by atoms with Crippen LogP contribution < -0.4 is 14.5 Å². The van der Waals surface area contributed by atoms with Gasteiger partial charge < -0.3 is 29.1 Å². The summed E-state index contributed by atoms with van der Waals surface area (Å²) in [5.41, 5.74) is 4.55. The number of nitrogens with zero attached hydrogens (tertiary/aromatic N) is 7. The number of hydrogen-bond donors (Lipinski definition) is 0. The van der Waals surface area contributed by atoms with Crippen LogP contribution in [-0.4, -0.2) is 83.8 Å². The lowest BCUT2D eigenvalue weighted by Gasteiger charge is -2.42. The van der Waals surface area contributed by atoms with E-state index in [9.17, 15) is 10.1 Å². The van der Waals surface area contributed by atoms with Gasteiger partial charge in [0.25, 0.3) is 0 Å². The lowest BCUT2D eigenvalue weighted by Crippen LogP contribution is -2.55. The van der Waals surface area contributed by atoms with Gasteiger partial charge in [0.15, 0.2) is 0 Å². The molecule has 10 heteroatoms. The van der Waals surface area contributed by atoms with Crippen molar-refractivity contribution in [3.63, 3.8) is 0 Å². The minimum atomic E-state index is -0.395. The minimum Gasteiger partial charge on any atom is -0.463 e. The quantitative estimate of drug-likeness (QED) is 0.159. The summed E-state index contributed by atoms with van der Waals surface area (Å²) in [6.45, 7) is 9.12. The Kier molecular flexibility index (Phi) is 10.3.